The molecular weight excluding hydrogens is 327 g/mol. The maximum Gasteiger partial charge on any atom is 0.373 e. The number of pyridine rings is 1. The molecule has 0 saturated heterocycles. The molecule has 0 aliphatic carbocycles. The van der Waals surface area contributed by atoms with Gasteiger partial charge in [0.2, 0.25) is 0 Å². The lowest BCUT2D eigenvalue weighted by Gasteiger charge is -2.11. The molecule has 0 unspecified atom stereocenters. The smallest absolute Gasteiger partial charge is 0.305 e. The summed E-state index contributed by atoms with van der Waals surface area (Å²) in [6.07, 6.45) is 1.18. The second-order valence-electron chi connectivity index (χ2n) is 3.39. The van der Waals surface area contributed by atoms with E-state index in [1.807, 2.05) is 0 Å². The molecule has 0 spiro atoms. The molecule has 0 aliphatic heterocycles. The highest BCUT2D eigenvalue weighted by atomic mass is 35.5. The van der Waals surface area contributed by atoms with Crippen LogP contribution in [0.2, 0.25) is 5.02 Å². The van der Waals surface area contributed by atoms with Crippen LogP contribution in [0, 0.1) is 0 Å². The zero-order chi connectivity index (χ0) is 15.2. The van der Waals surface area contributed by atoms with Crippen molar-refractivity contribution in [1.29, 1.82) is 0 Å². The van der Waals surface area contributed by atoms with Gasteiger partial charge < -0.3 is 9.05 Å². The summed E-state index contributed by atoms with van der Waals surface area (Å²) in [5.41, 5.74) is 0. The maximum atomic E-state index is 12.0. The van der Waals surface area contributed by atoms with E-state index in [9.17, 15) is 13.0 Å². The Labute approximate surface area is 122 Å². The van der Waals surface area contributed by atoms with Crippen LogP contribution in [0.3, 0.4) is 0 Å². The van der Waals surface area contributed by atoms with E-state index in [1.54, 1.807) is 13.8 Å². The molecule has 112 valence electrons. The fourth-order valence-electron chi connectivity index (χ4n) is 1.15. The van der Waals surface area contributed by atoms with Crippen molar-refractivity contribution in [2.75, 3.05) is 13.2 Å². The van der Waals surface area contributed by atoms with Crippen molar-refractivity contribution in [3.8, 4) is 0 Å². The molecule has 0 bridgehead atoms. The van der Waals surface area contributed by atoms with Crippen molar-refractivity contribution < 1.29 is 22.0 Å². The largest absolute Gasteiger partial charge is 0.373 e. The second-order valence-corrected chi connectivity index (χ2v) is 7.23. The lowest BCUT2D eigenvalue weighted by atomic mass is 10.5. The third-order valence-electron chi connectivity index (χ3n) is 1.91. The highest BCUT2D eigenvalue weighted by Gasteiger charge is 2.23. The van der Waals surface area contributed by atoms with Crippen molar-refractivity contribution in [1.82, 2.24) is 4.98 Å². The zero-order valence-corrected chi connectivity index (χ0v) is 13.4. The van der Waals surface area contributed by atoms with Crippen molar-refractivity contribution >= 4 is 35.2 Å². The van der Waals surface area contributed by atoms with Gasteiger partial charge in [-0.2, -0.15) is 12.8 Å². The highest BCUT2D eigenvalue weighted by molar-refractivity contribution is 7.91. The summed E-state index contributed by atoms with van der Waals surface area (Å²) in [6, 6.07) is 2.56. The van der Waals surface area contributed by atoms with Gasteiger partial charge in [0.05, 0.1) is 18.2 Å². The van der Waals surface area contributed by atoms with Crippen LogP contribution >= 0.6 is 19.2 Å². The Balaban J connectivity index is 3.02. The highest BCUT2D eigenvalue weighted by Crippen LogP contribution is 2.45. The Bertz CT molecular complexity index is 607. The zero-order valence-electron chi connectivity index (χ0n) is 10.9. The number of halogens is 1. The molecule has 0 radical (unpaired) electrons. The summed E-state index contributed by atoms with van der Waals surface area (Å²) in [7, 11) is -7.75. The molecule has 1 aromatic heterocycles. The monoisotopic (exact) mass is 340 g/mol. The first kappa shape index (κ1) is 17.3. The first-order valence-corrected chi connectivity index (χ1v) is 9.08. The number of aromatic nitrogens is 1. The summed E-state index contributed by atoms with van der Waals surface area (Å²) >= 11 is 5.61. The Hall–Kier alpha value is -0.790. The van der Waals surface area contributed by atoms with Gasteiger partial charge in [-0.1, -0.05) is 11.6 Å². The molecule has 1 rings (SSSR count). The van der Waals surface area contributed by atoms with E-state index in [0.29, 0.717) is 11.0 Å². The maximum absolute atomic E-state index is 12.0. The molecule has 0 N–H and O–H groups in total. The van der Waals surface area contributed by atoms with E-state index < -0.39 is 17.6 Å². The van der Waals surface area contributed by atoms with Crippen molar-refractivity contribution in [2.45, 2.75) is 18.9 Å². The normalized spacial score (nSPS) is 12.9. The Morgan fingerprint density at radius 3 is 2.40 bits per heavy atom. The molecule has 0 fully saturated rings. The summed E-state index contributed by atoms with van der Waals surface area (Å²) < 4.78 is 48.9. The Morgan fingerprint density at radius 2 is 1.95 bits per heavy atom. The van der Waals surface area contributed by atoms with Gasteiger partial charge in [0.25, 0.3) is 10.0 Å². The predicted octanol–water partition coefficient (Wildman–Crippen LogP) is 2.72. The van der Waals surface area contributed by atoms with Crippen LogP contribution in [0.1, 0.15) is 13.8 Å². The van der Waals surface area contributed by atoms with E-state index in [2.05, 4.69) is 9.38 Å². The minimum Gasteiger partial charge on any atom is -0.305 e. The Kier molecular flexibility index (Phi) is 6.29. The van der Waals surface area contributed by atoms with E-state index >= 15 is 0 Å². The first-order valence-electron chi connectivity index (χ1n) is 5.65. The lowest BCUT2D eigenvalue weighted by molar-refractivity contribution is 0.233. The number of hydrogen-bond donors (Lipinski definition) is 0. The third-order valence-corrected chi connectivity index (χ3v) is 5.08. The average Bonchev–Trinajstić information content (AvgIpc) is 2.38. The standard InChI is InChI=1S/C10H14ClN2O5PS/c1-3-17-19(14,18-4-2)8-13-20(15,16)10-6-5-9(11)7-12-10/h5-8H,3-4H2,1-2H3. The quantitative estimate of drug-likeness (QED) is 0.559. The summed E-state index contributed by atoms with van der Waals surface area (Å²) in [6.45, 7) is 3.41. The van der Waals surface area contributed by atoms with E-state index in [0.717, 1.165) is 0 Å². The van der Waals surface area contributed by atoms with Crippen LogP contribution in [0.5, 0.6) is 0 Å². The minimum absolute atomic E-state index is 0.0997. The molecule has 0 aliphatic rings. The number of hydrogen-bond acceptors (Lipinski definition) is 6. The molecule has 10 heteroatoms. The van der Waals surface area contributed by atoms with Crippen LogP contribution < -0.4 is 0 Å². The van der Waals surface area contributed by atoms with Crippen molar-refractivity contribution in [2.24, 2.45) is 4.40 Å². The summed E-state index contributed by atoms with van der Waals surface area (Å²) in [4.78, 5) is 3.64. The van der Waals surface area contributed by atoms with E-state index in [-0.39, 0.29) is 18.2 Å². The molecule has 1 aromatic rings. The molecular formula is C10H14ClN2O5PS. The molecule has 0 aromatic carbocycles. The van der Waals surface area contributed by atoms with Gasteiger partial charge in [-0.25, -0.2) is 4.98 Å². The Morgan fingerprint density at radius 1 is 1.35 bits per heavy atom. The van der Waals surface area contributed by atoms with Crippen LogP contribution in [0.4, 0.5) is 0 Å². The van der Waals surface area contributed by atoms with Crippen molar-refractivity contribution in [3.05, 3.63) is 23.4 Å². The number of sulfonamides is 1. The molecule has 7 nitrogen and oxygen atoms in total. The topological polar surface area (TPSA) is 94.9 Å². The van der Waals surface area contributed by atoms with E-state index in [4.69, 9.17) is 20.6 Å². The summed E-state index contributed by atoms with van der Waals surface area (Å²) in [5.74, 6) is 0.672. The van der Waals surface area contributed by atoms with Crippen LogP contribution in [0.15, 0.2) is 27.8 Å². The average molecular weight is 341 g/mol. The molecule has 1 heterocycles. The van der Waals surface area contributed by atoms with Gasteiger partial charge >= 0.3 is 7.60 Å². The van der Waals surface area contributed by atoms with Crippen molar-refractivity contribution in [3.63, 3.8) is 0 Å². The molecule has 0 saturated carbocycles. The molecule has 0 atom stereocenters. The van der Waals surface area contributed by atoms with Gasteiger partial charge in [0, 0.05) is 6.20 Å². The summed E-state index contributed by atoms with van der Waals surface area (Å²) in [5, 5.41) is -0.0140. The molecule has 0 amide bonds. The SMILES string of the molecule is CCOP(=O)(C=NS(=O)(=O)c1ccc(Cl)cn1)OCC. The number of rotatable bonds is 7. The van der Waals surface area contributed by atoms with E-state index in [1.165, 1.54) is 18.3 Å². The number of nitrogens with zero attached hydrogens (tertiary/aromatic N) is 2. The van der Waals surface area contributed by atoms with Crippen LogP contribution in [-0.2, 0) is 23.6 Å². The minimum atomic E-state index is -4.08. The third kappa shape index (κ3) is 4.96. The van der Waals surface area contributed by atoms with Gasteiger partial charge in [0.15, 0.2) is 5.03 Å². The van der Waals surface area contributed by atoms with Gasteiger partial charge in [-0.15, -0.1) is 0 Å². The fourth-order valence-corrected chi connectivity index (χ4v) is 3.68. The van der Waals surface area contributed by atoms with Gasteiger partial charge in [0.1, 0.15) is 5.96 Å². The predicted molar refractivity (Wildman–Crippen MR) is 75.8 cm³/mol. The van der Waals surface area contributed by atoms with Crippen LogP contribution in [0.25, 0.3) is 0 Å². The van der Waals surface area contributed by atoms with Gasteiger partial charge in [-0.3, -0.25) is 4.57 Å². The van der Waals surface area contributed by atoms with Gasteiger partial charge in [-0.05, 0) is 26.0 Å². The fraction of sp³-hybridized carbons (Fsp3) is 0.400. The lowest BCUT2D eigenvalue weighted by Crippen LogP contribution is -2.02. The molecule has 20 heavy (non-hydrogen) atoms. The van der Waals surface area contributed by atoms with Crippen LogP contribution in [-0.4, -0.2) is 32.6 Å². The first-order chi connectivity index (χ1) is 9.33. The second kappa shape index (κ2) is 7.28.